The van der Waals surface area contributed by atoms with Crippen molar-refractivity contribution in [1.82, 2.24) is 9.97 Å². The Kier molecular flexibility index (Phi) is 9.86. The molecule has 0 fully saturated rings. The minimum atomic E-state index is 0. The molecular weight excluding hydrogens is 396 g/mol. The van der Waals surface area contributed by atoms with E-state index in [1.54, 1.807) is 0 Å². The minimum absolute atomic E-state index is 0. The Bertz CT molecular complexity index is 410. The summed E-state index contributed by atoms with van der Waals surface area (Å²) in [6, 6.07) is 0. The second-order valence-corrected chi connectivity index (χ2v) is 5.23. The molecule has 120 valence electrons. The number of rotatable bonds is 8. The molecule has 0 radical (unpaired) electrons. The summed E-state index contributed by atoms with van der Waals surface area (Å²) in [7, 11) is 0. The van der Waals surface area contributed by atoms with Gasteiger partial charge in [0.1, 0.15) is 24.8 Å². The number of halogens is 2. The van der Waals surface area contributed by atoms with Gasteiger partial charge in [0.25, 0.3) is 5.66 Å². The monoisotopic (exact) mass is 420 g/mol. The highest BCUT2D eigenvalue weighted by molar-refractivity contribution is 4.69. The Labute approximate surface area is 148 Å². The van der Waals surface area contributed by atoms with Crippen LogP contribution < -0.4 is 43.1 Å². The first-order chi connectivity index (χ1) is 9.33. The van der Waals surface area contributed by atoms with E-state index in [4.69, 9.17) is 0 Å². The summed E-state index contributed by atoms with van der Waals surface area (Å²) in [5, 5.41) is 0. The molecule has 0 saturated carbocycles. The van der Waals surface area contributed by atoms with Gasteiger partial charge in [-0.25, -0.2) is 0 Å². The van der Waals surface area contributed by atoms with E-state index in [2.05, 4.69) is 58.0 Å². The van der Waals surface area contributed by atoms with Crippen LogP contribution in [0.15, 0.2) is 37.4 Å². The quantitative estimate of drug-likeness (QED) is 0.415. The lowest BCUT2D eigenvalue weighted by Gasteiger charge is -2.27. The zero-order valence-corrected chi connectivity index (χ0v) is 16.0. The predicted molar refractivity (Wildman–Crippen MR) is 74.4 cm³/mol. The number of imidazole rings is 2. The number of nitrogens with zero attached hydrogens (tertiary/aromatic N) is 2. The van der Waals surface area contributed by atoms with Crippen molar-refractivity contribution in [2.75, 3.05) is 0 Å². The van der Waals surface area contributed by atoms with Crippen LogP contribution in [-0.2, 0) is 5.66 Å². The third kappa shape index (κ3) is 4.68. The molecule has 0 aliphatic carbocycles. The van der Waals surface area contributed by atoms with Crippen molar-refractivity contribution in [3.63, 3.8) is 0 Å². The third-order valence-electron chi connectivity index (χ3n) is 3.91. The number of aromatic amines is 2. The van der Waals surface area contributed by atoms with Gasteiger partial charge in [0.15, 0.2) is 0 Å². The molecule has 0 bridgehead atoms. The molecule has 0 aromatic carbocycles. The largest absolute Gasteiger partial charge is 1.00 e. The maximum atomic E-state index is 3.19. The smallest absolute Gasteiger partial charge is 0.252 e. The number of nitrogens with one attached hydrogen (secondary N) is 2. The van der Waals surface area contributed by atoms with E-state index < -0.39 is 0 Å². The maximum absolute atomic E-state index is 3.19. The van der Waals surface area contributed by atoms with Gasteiger partial charge in [-0.2, -0.15) is 9.13 Å². The molecule has 0 spiro atoms. The van der Waals surface area contributed by atoms with Crippen LogP contribution in [0.4, 0.5) is 0 Å². The van der Waals surface area contributed by atoms with Gasteiger partial charge in [-0.15, -0.1) is 0 Å². The number of hydrogen-bond donors (Lipinski definition) is 2. The lowest BCUT2D eigenvalue weighted by Crippen LogP contribution is -3.00. The molecular formula is C15H26Br2N4. The molecule has 4 nitrogen and oxygen atoms in total. The van der Waals surface area contributed by atoms with Gasteiger partial charge in [0.05, 0.1) is 0 Å². The van der Waals surface area contributed by atoms with Crippen molar-refractivity contribution in [3.8, 4) is 0 Å². The predicted octanol–water partition coefficient (Wildman–Crippen LogP) is -3.49. The van der Waals surface area contributed by atoms with Crippen molar-refractivity contribution >= 4 is 0 Å². The first-order valence-electron chi connectivity index (χ1n) is 7.42. The summed E-state index contributed by atoms with van der Waals surface area (Å²) in [5.41, 5.74) is 0.0199. The fourth-order valence-corrected chi connectivity index (χ4v) is 2.79. The number of H-pyrrole nitrogens is 2. The van der Waals surface area contributed by atoms with Gasteiger partial charge in [-0.05, 0) is 12.8 Å². The van der Waals surface area contributed by atoms with Crippen molar-refractivity contribution in [2.24, 2.45) is 0 Å². The van der Waals surface area contributed by atoms with Crippen LogP contribution in [0.2, 0.25) is 0 Å². The zero-order chi connectivity index (χ0) is 13.6. The molecule has 2 heterocycles. The molecule has 0 unspecified atom stereocenters. The van der Waals surface area contributed by atoms with Crippen molar-refractivity contribution in [3.05, 3.63) is 37.4 Å². The summed E-state index contributed by atoms with van der Waals surface area (Å²) < 4.78 is 4.65. The molecule has 2 aromatic rings. The second kappa shape index (κ2) is 10.2. The summed E-state index contributed by atoms with van der Waals surface area (Å²) in [6.45, 7) is 4.52. The van der Waals surface area contributed by atoms with Gasteiger partial charge in [0.2, 0.25) is 12.7 Å². The molecule has 6 heteroatoms. The highest BCUT2D eigenvalue weighted by atomic mass is 79.9. The first-order valence-corrected chi connectivity index (χ1v) is 7.42. The van der Waals surface area contributed by atoms with Crippen LogP contribution in [0.5, 0.6) is 0 Å². The average molecular weight is 422 g/mol. The van der Waals surface area contributed by atoms with E-state index in [0.29, 0.717) is 0 Å². The van der Waals surface area contributed by atoms with Crippen molar-refractivity contribution in [2.45, 2.75) is 58.0 Å². The Morgan fingerprint density at radius 3 is 1.52 bits per heavy atom. The van der Waals surface area contributed by atoms with Crippen molar-refractivity contribution in [1.29, 1.82) is 0 Å². The third-order valence-corrected chi connectivity index (χ3v) is 3.91. The number of hydrogen-bond acceptors (Lipinski definition) is 0. The maximum Gasteiger partial charge on any atom is 0.252 e. The van der Waals surface area contributed by atoms with E-state index in [1.807, 2.05) is 12.4 Å². The van der Waals surface area contributed by atoms with Crippen LogP contribution in [0, 0.1) is 0 Å². The van der Waals surface area contributed by atoms with Crippen LogP contribution >= 0.6 is 0 Å². The van der Waals surface area contributed by atoms with Gasteiger partial charge in [0, 0.05) is 12.8 Å². The molecule has 0 atom stereocenters. The van der Waals surface area contributed by atoms with E-state index >= 15 is 0 Å². The summed E-state index contributed by atoms with van der Waals surface area (Å²) in [4.78, 5) is 6.38. The lowest BCUT2D eigenvalue weighted by molar-refractivity contribution is -0.996. The standard InChI is InChI=1S/C15H24N4.2BrH/c1-3-5-7-15(8-6-4-2,18-11-9-16-13-18)19-12-10-17-14-19;;/h9-14H,3-8H2,1-2H3;2*1H. The van der Waals surface area contributed by atoms with Crippen LogP contribution in [0.1, 0.15) is 52.4 Å². The molecule has 2 N–H and O–H groups in total. The number of unbranched alkanes of at least 4 members (excludes halogenated alkanes) is 2. The van der Waals surface area contributed by atoms with Crippen LogP contribution in [0.3, 0.4) is 0 Å². The van der Waals surface area contributed by atoms with Gasteiger partial charge in [-0.3, -0.25) is 9.97 Å². The fraction of sp³-hybridized carbons (Fsp3) is 0.600. The average Bonchev–Trinajstić information content (AvgIpc) is 3.12. The molecule has 2 rings (SSSR count). The summed E-state index contributed by atoms with van der Waals surface area (Å²) >= 11 is 0. The minimum Gasteiger partial charge on any atom is -1.00 e. The van der Waals surface area contributed by atoms with Crippen molar-refractivity contribution < 1.29 is 43.1 Å². The fourth-order valence-electron chi connectivity index (χ4n) is 2.79. The number of aromatic nitrogens is 4. The van der Waals surface area contributed by atoms with Crippen LogP contribution in [-0.4, -0.2) is 9.97 Å². The molecule has 0 aliphatic heterocycles. The zero-order valence-electron chi connectivity index (χ0n) is 12.9. The Hall–Kier alpha value is -0.620. The highest BCUT2D eigenvalue weighted by Gasteiger charge is 2.41. The van der Waals surface area contributed by atoms with Gasteiger partial charge < -0.3 is 34.0 Å². The summed E-state index contributed by atoms with van der Waals surface area (Å²) in [6.07, 6.45) is 19.7. The van der Waals surface area contributed by atoms with E-state index in [0.717, 1.165) is 12.8 Å². The molecule has 21 heavy (non-hydrogen) atoms. The molecule has 0 aliphatic rings. The summed E-state index contributed by atoms with van der Waals surface area (Å²) in [5.74, 6) is 0. The SMILES string of the molecule is CCCCC(CCCC)([n+]1cc[nH]c1)[n+]1cc[nH]c1.[Br-].[Br-]. The Balaban J connectivity index is 0.00000200. The highest BCUT2D eigenvalue weighted by Crippen LogP contribution is 2.21. The Morgan fingerprint density at radius 1 is 0.810 bits per heavy atom. The first kappa shape index (κ1) is 20.4. The Morgan fingerprint density at radius 2 is 1.24 bits per heavy atom. The van der Waals surface area contributed by atoms with E-state index in [9.17, 15) is 0 Å². The van der Waals surface area contributed by atoms with Crippen LogP contribution in [0.25, 0.3) is 0 Å². The van der Waals surface area contributed by atoms with Gasteiger partial charge >= 0.3 is 0 Å². The normalized spacial score (nSPS) is 10.8. The molecule has 0 saturated heterocycles. The molecule has 2 aromatic heterocycles. The second-order valence-electron chi connectivity index (χ2n) is 5.23. The molecule has 0 amide bonds. The van der Waals surface area contributed by atoms with E-state index in [1.165, 1.54) is 25.7 Å². The topological polar surface area (TPSA) is 39.3 Å². The van der Waals surface area contributed by atoms with E-state index in [-0.39, 0.29) is 39.6 Å². The van der Waals surface area contributed by atoms with Gasteiger partial charge in [-0.1, -0.05) is 26.7 Å². The lowest BCUT2D eigenvalue weighted by atomic mass is 9.95.